The molecule has 0 saturated carbocycles. The van der Waals surface area contributed by atoms with Gasteiger partial charge in [-0.2, -0.15) is 0 Å². The topological polar surface area (TPSA) is 102 Å². The van der Waals surface area contributed by atoms with Crippen molar-refractivity contribution < 1.29 is 14.8 Å². The maximum absolute atomic E-state index is 12.3. The first-order valence-corrected chi connectivity index (χ1v) is 6.04. The highest BCUT2D eigenvalue weighted by Gasteiger charge is 2.17. The molecule has 0 aliphatic rings. The molecular formula is C14H12N2O5. The summed E-state index contributed by atoms with van der Waals surface area (Å²) in [5.74, 6) is -1.34. The van der Waals surface area contributed by atoms with Crippen molar-refractivity contribution in [2.24, 2.45) is 0 Å². The molecule has 0 bridgehead atoms. The van der Waals surface area contributed by atoms with Gasteiger partial charge in [0, 0.05) is 17.8 Å². The van der Waals surface area contributed by atoms with Gasteiger partial charge in [-0.25, -0.2) is 4.79 Å². The van der Waals surface area contributed by atoms with Crippen molar-refractivity contribution in [1.82, 2.24) is 4.57 Å². The fourth-order valence-corrected chi connectivity index (χ4v) is 2.04. The molecule has 0 atom stereocenters. The summed E-state index contributed by atoms with van der Waals surface area (Å²) in [6.07, 6.45) is 0. The van der Waals surface area contributed by atoms with E-state index < -0.39 is 16.5 Å². The maximum atomic E-state index is 12.3. The van der Waals surface area contributed by atoms with Gasteiger partial charge in [0.1, 0.15) is 5.56 Å². The summed E-state index contributed by atoms with van der Waals surface area (Å²) in [4.78, 5) is 33.6. The monoisotopic (exact) mass is 288 g/mol. The van der Waals surface area contributed by atoms with Gasteiger partial charge in [0.25, 0.3) is 11.2 Å². The lowest BCUT2D eigenvalue weighted by molar-refractivity contribution is -0.384. The first kappa shape index (κ1) is 14.4. The van der Waals surface area contributed by atoms with Crippen LogP contribution in [-0.2, 0) is 0 Å². The lowest BCUT2D eigenvalue weighted by Crippen LogP contribution is -2.27. The van der Waals surface area contributed by atoms with Gasteiger partial charge in [-0.05, 0) is 31.5 Å². The highest BCUT2D eigenvalue weighted by atomic mass is 16.6. The smallest absolute Gasteiger partial charge is 0.341 e. The van der Waals surface area contributed by atoms with E-state index in [4.69, 9.17) is 5.11 Å². The van der Waals surface area contributed by atoms with Crippen molar-refractivity contribution in [3.8, 4) is 5.69 Å². The van der Waals surface area contributed by atoms with Gasteiger partial charge in [0.2, 0.25) is 0 Å². The van der Waals surface area contributed by atoms with Crippen LogP contribution in [0.2, 0.25) is 0 Å². The first-order chi connectivity index (χ1) is 9.82. The van der Waals surface area contributed by atoms with Crippen molar-refractivity contribution in [1.29, 1.82) is 0 Å². The molecule has 7 heteroatoms. The summed E-state index contributed by atoms with van der Waals surface area (Å²) in [6.45, 7) is 3.32. The lowest BCUT2D eigenvalue weighted by Gasteiger charge is -2.13. The van der Waals surface area contributed by atoms with Crippen LogP contribution in [0, 0.1) is 24.0 Å². The zero-order valence-corrected chi connectivity index (χ0v) is 11.4. The Balaban J connectivity index is 2.81. The van der Waals surface area contributed by atoms with E-state index >= 15 is 0 Å². The van der Waals surface area contributed by atoms with Crippen LogP contribution in [0.15, 0.2) is 35.1 Å². The number of rotatable bonds is 3. The van der Waals surface area contributed by atoms with Crippen LogP contribution in [0.3, 0.4) is 0 Å². The largest absolute Gasteiger partial charge is 0.477 e. The molecule has 0 fully saturated rings. The number of carboxylic acid groups (broad SMARTS) is 1. The molecule has 0 aliphatic carbocycles. The number of aromatic carboxylic acids is 1. The average Bonchev–Trinajstić information content (AvgIpc) is 2.40. The number of non-ortho nitro benzene ring substituents is 1. The van der Waals surface area contributed by atoms with E-state index in [1.54, 1.807) is 13.8 Å². The summed E-state index contributed by atoms with van der Waals surface area (Å²) < 4.78 is 1.17. The van der Waals surface area contributed by atoms with Crippen molar-refractivity contribution >= 4 is 11.7 Å². The van der Waals surface area contributed by atoms with Crippen LogP contribution in [0.25, 0.3) is 5.69 Å². The zero-order valence-electron chi connectivity index (χ0n) is 11.4. The second kappa shape index (κ2) is 5.20. The van der Waals surface area contributed by atoms with E-state index in [2.05, 4.69) is 0 Å². The van der Waals surface area contributed by atoms with Crippen molar-refractivity contribution in [2.45, 2.75) is 13.8 Å². The van der Waals surface area contributed by atoms with E-state index in [9.17, 15) is 19.7 Å². The van der Waals surface area contributed by atoms with Gasteiger partial charge >= 0.3 is 5.97 Å². The van der Waals surface area contributed by atoms with Crippen LogP contribution in [0.4, 0.5) is 5.69 Å². The van der Waals surface area contributed by atoms with E-state index in [0.717, 1.165) is 0 Å². The molecule has 108 valence electrons. The SMILES string of the molecule is Cc1ccc([N+](=O)[O-])cc1-n1c(C)ccc(C(=O)O)c1=O. The normalized spacial score (nSPS) is 10.4. The van der Waals surface area contributed by atoms with Crippen LogP contribution < -0.4 is 5.56 Å². The minimum absolute atomic E-state index is 0.164. The maximum Gasteiger partial charge on any atom is 0.341 e. The highest BCUT2D eigenvalue weighted by molar-refractivity contribution is 5.87. The van der Waals surface area contributed by atoms with Gasteiger partial charge in [-0.3, -0.25) is 19.5 Å². The molecule has 1 heterocycles. The number of pyridine rings is 1. The number of aromatic nitrogens is 1. The highest BCUT2D eigenvalue weighted by Crippen LogP contribution is 2.21. The molecule has 0 spiro atoms. The van der Waals surface area contributed by atoms with E-state index in [1.807, 2.05) is 0 Å². The van der Waals surface area contributed by atoms with E-state index in [-0.39, 0.29) is 11.3 Å². The quantitative estimate of drug-likeness (QED) is 0.687. The molecule has 0 radical (unpaired) electrons. The Morgan fingerprint density at radius 3 is 2.48 bits per heavy atom. The van der Waals surface area contributed by atoms with Gasteiger partial charge in [-0.1, -0.05) is 6.07 Å². The van der Waals surface area contributed by atoms with Crippen LogP contribution in [0.5, 0.6) is 0 Å². The predicted octanol–water partition coefficient (Wildman–Crippen LogP) is 2.06. The number of benzene rings is 1. The van der Waals surface area contributed by atoms with Crippen molar-refractivity contribution in [3.63, 3.8) is 0 Å². The Labute approximate surface area is 119 Å². The summed E-state index contributed by atoms with van der Waals surface area (Å²) >= 11 is 0. The third-order valence-corrected chi connectivity index (χ3v) is 3.15. The van der Waals surface area contributed by atoms with Gasteiger partial charge in [-0.15, -0.1) is 0 Å². The first-order valence-electron chi connectivity index (χ1n) is 6.04. The van der Waals surface area contributed by atoms with Crippen LogP contribution in [-0.4, -0.2) is 20.6 Å². The molecule has 2 aromatic rings. The van der Waals surface area contributed by atoms with Crippen molar-refractivity contribution in [3.05, 3.63) is 67.6 Å². The van der Waals surface area contributed by atoms with Gasteiger partial charge < -0.3 is 5.11 Å². The fraction of sp³-hybridized carbons (Fsp3) is 0.143. The second-order valence-corrected chi connectivity index (χ2v) is 4.56. The van der Waals surface area contributed by atoms with Crippen LogP contribution in [0.1, 0.15) is 21.6 Å². The number of carboxylic acids is 1. The molecule has 0 aliphatic heterocycles. The molecule has 1 aromatic carbocycles. The van der Waals surface area contributed by atoms with Crippen molar-refractivity contribution in [2.75, 3.05) is 0 Å². The third-order valence-electron chi connectivity index (χ3n) is 3.15. The molecule has 2 rings (SSSR count). The number of carbonyl (C=O) groups is 1. The minimum atomic E-state index is -1.34. The van der Waals surface area contributed by atoms with E-state index in [1.165, 1.54) is 34.9 Å². The Kier molecular flexibility index (Phi) is 3.58. The average molecular weight is 288 g/mol. The Morgan fingerprint density at radius 2 is 1.90 bits per heavy atom. The molecule has 1 aromatic heterocycles. The molecule has 0 amide bonds. The lowest BCUT2D eigenvalue weighted by atomic mass is 10.1. The Bertz CT molecular complexity index is 807. The Morgan fingerprint density at radius 1 is 1.24 bits per heavy atom. The Hall–Kier alpha value is -2.96. The van der Waals surface area contributed by atoms with E-state index in [0.29, 0.717) is 16.9 Å². The van der Waals surface area contributed by atoms with Gasteiger partial charge in [0.15, 0.2) is 0 Å². The standard InChI is InChI=1S/C14H12N2O5/c1-8-3-5-10(16(20)21)7-12(8)15-9(2)4-6-11(13(15)17)14(18)19/h3-7H,1-2H3,(H,18,19). The molecule has 0 unspecified atom stereocenters. The second-order valence-electron chi connectivity index (χ2n) is 4.56. The number of nitro benzene ring substituents is 1. The van der Waals surface area contributed by atoms with Gasteiger partial charge in [0.05, 0.1) is 10.6 Å². The third kappa shape index (κ3) is 2.53. The number of hydrogen-bond acceptors (Lipinski definition) is 4. The zero-order chi connectivity index (χ0) is 15.7. The number of nitrogens with zero attached hydrogens (tertiary/aromatic N) is 2. The fourth-order valence-electron chi connectivity index (χ4n) is 2.04. The summed E-state index contributed by atoms with van der Waals surface area (Å²) in [6, 6.07) is 6.83. The molecule has 0 saturated heterocycles. The minimum Gasteiger partial charge on any atom is -0.477 e. The molecule has 7 nitrogen and oxygen atoms in total. The summed E-state index contributed by atoms with van der Waals surface area (Å²) in [7, 11) is 0. The number of nitro groups is 1. The number of aryl methyl sites for hydroxylation is 2. The summed E-state index contributed by atoms with van der Waals surface area (Å²) in [5.41, 5.74) is 0.164. The summed E-state index contributed by atoms with van der Waals surface area (Å²) in [5, 5.41) is 19.9. The molecule has 1 N–H and O–H groups in total. The molecule has 21 heavy (non-hydrogen) atoms. The van der Waals surface area contributed by atoms with Crippen LogP contribution >= 0.6 is 0 Å². The number of hydrogen-bond donors (Lipinski definition) is 1. The predicted molar refractivity (Wildman–Crippen MR) is 75.1 cm³/mol. The molecular weight excluding hydrogens is 276 g/mol.